The Morgan fingerprint density at radius 2 is 2.44 bits per heavy atom. The molecule has 0 spiro atoms. The Hall–Kier alpha value is 0.0200. The van der Waals surface area contributed by atoms with Crippen LogP contribution in [0.3, 0.4) is 0 Å². The van der Waals surface area contributed by atoms with Gasteiger partial charge in [-0.25, -0.2) is 0 Å². The minimum Gasteiger partial charge on any atom is -0.291 e. The summed E-state index contributed by atoms with van der Waals surface area (Å²) in [5.41, 5.74) is 0. The van der Waals surface area contributed by atoms with Crippen molar-refractivity contribution in [1.82, 2.24) is 0 Å². The van der Waals surface area contributed by atoms with Gasteiger partial charge in [0, 0.05) is 11.7 Å². The van der Waals surface area contributed by atoms with Gasteiger partial charge in [0.15, 0.2) is 6.29 Å². The number of thioether (sulfide) groups is 1. The molecule has 0 N–H and O–H groups in total. The lowest BCUT2D eigenvalue weighted by atomic mass is 10.1. The number of carbonyl (C=O) groups excluding carboxylic acids is 1. The van der Waals surface area contributed by atoms with E-state index in [0.717, 1.165) is 0 Å². The third-order valence-electron chi connectivity index (χ3n) is 1.58. The van der Waals surface area contributed by atoms with E-state index >= 15 is 0 Å². The van der Waals surface area contributed by atoms with E-state index in [1.807, 2.05) is 18.0 Å². The zero-order valence-electron chi connectivity index (χ0n) is 5.43. The van der Waals surface area contributed by atoms with E-state index in [1.54, 1.807) is 0 Å². The van der Waals surface area contributed by atoms with E-state index in [4.69, 9.17) is 0 Å². The van der Waals surface area contributed by atoms with Gasteiger partial charge in [-0.3, -0.25) is 4.79 Å². The molecule has 1 fully saturated rings. The van der Waals surface area contributed by atoms with Gasteiger partial charge in [0.2, 0.25) is 0 Å². The van der Waals surface area contributed by atoms with E-state index < -0.39 is 0 Å². The normalized spacial score (nSPS) is 27.8. The van der Waals surface area contributed by atoms with Crippen LogP contribution < -0.4 is 0 Å². The number of hydrogen-bond donors (Lipinski definition) is 0. The molecule has 0 bridgehead atoms. The molecule has 1 atom stereocenters. The van der Waals surface area contributed by atoms with Gasteiger partial charge in [-0.1, -0.05) is 6.42 Å². The van der Waals surface area contributed by atoms with Crippen LogP contribution in [-0.2, 0) is 4.79 Å². The number of rotatable bonds is 2. The molecule has 0 saturated carbocycles. The highest BCUT2D eigenvalue weighted by atomic mass is 32.2. The highest BCUT2D eigenvalue weighted by Gasteiger charge is 2.12. The maximum Gasteiger partial charge on any atom is 0.199 e. The largest absolute Gasteiger partial charge is 0.291 e. The third kappa shape index (κ3) is 2.39. The topological polar surface area (TPSA) is 17.1 Å². The molecular weight excluding hydrogens is 132 g/mol. The van der Waals surface area contributed by atoms with Gasteiger partial charge >= 0.3 is 0 Å². The lowest BCUT2D eigenvalue weighted by molar-refractivity contribution is 0.545. The molecule has 1 nitrogen and oxygen atoms in total. The van der Waals surface area contributed by atoms with Gasteiger partial charge in [0.1, 0.15) is 0 Å². The summed E-state index contributed by atoms with van der Waals surface area (Å²) in [6.45, 7) is 0. The molecule has 0 aromatic heterocycles. The van der Waals surface area contributed by atoms with Crippen molar-refractivity contribution in [1.29, 1.82) is 0 Å². The highest BCUT2D eigenvalue weighted by molar-refractivity contribution is 7.99. The average molecular weight is 143 g/mol. The van der Waals surface area contributed by atoms with Crippen LogP contribution in [0.2, 0.25) is 0 Å². The molecule has 0 amide bonds. The molecule has 0 aliphatic carbocycles. The molecule has 0 aromatic rings. The van der Waals surface area contributed by atoms with Crippen molar-refractivity contribution in [3.63, 3.8) is 0 Å². The van der Waals surface area contributed by atoms with Gasteiger partial charge in [0.05, 0.1) is 0 Å². The first-order chi connectivity index (χ1) is 4.43. The van der Waals surface area contributed by atoms with Crippen LogP contribution in [-0.4, -0.2) is 17.3 Å². The average Bonchev–Trinajstić information content (AvgIpc) is 1.91. The lowest BCUT2D eigenvalue weighted by Crippen LogP contribution is -2.09. The van der Waals surface area contributed by atoms with Crippen LogP contribution in [0.1, 0.15) is 25.7 Å². The maximum absolute atomic E-state index is 9.93. The summed E-state index contributed by atoms with van der Waals surface area (Å²) in [4.78, 5) is 9.93. The van der Waals surface area contributed by atoms with Crippen molar-refractivity contribution in [2.75, 3.05) is 5.75 Å². The second-order valence-corrected chi connectivity index (χ2v) is 3.75. The van der Waals surface area contributed by atoms with Gasteiger partial charge in [0.25, 0.3) is 0 Å². The molecule has 0 aromatic carbocycles. The van der Waals surface area contributed by atoms with Gasteiger partial charge < -0.3 is 0 Å². The Balaban J connectivity index is 2.15. The van der Waals surface area contributed by atoms with Crippen LogP contribution >= 0.6 is 11.8 Å². The molecule has 9 heavy (non-hydrogen) atoms. The summed E-state index contributed by atoms with van der Waals surface area (Å²) in [5, 5.41) is 0.594. The summed E-state index contributed by atoms with van der Waals surface area (Å²) >= 11 is 1.93. The first kappa shape index (κ1) is 7.13. The first-order valence-electron chi connectivity index (χ1n) is 3.40. The summed E-state index contributed by atoms with van der Waals surface area (Å²) in [6.07, 6.45) is 6.47. The van der Waals surface area contributed by atoms with E-state index in [2.05, 4.69) is 0 Å². The van der Waals surface area contributed by atoms with Crippen LogP contribution in [0.15, 0.2) is 0 Å². The van der Waals surface area contributed by atoms with E-state index in [1.165, 1.54) is 25.0 Å². The Morgan fingerprint density at radius 3 is 3.00 bits per heavy atom. The monoisotopic (exact) mass is 143 g/mol. The minimum atomic E-state index is 0.594. The standard InChI is InChI=1S/C7H11OS/c8-5-4-7-3-1-2-6-9-7/h7H,1-4,6H2. The van der Waals surface area contributed by atoms with Crippen LogP contribution in [0.25, 0.3) is 0 Å². The fraction of sp³-hybridized carbons (Fsp3) is 0.857. The predicted molar refractivity (Wildman–Crippen MR) is 40.4 cm³/mol. The fourth-order valence-corrected chi connectivity index (χ4v) is 2.28. The fourth-order valence-electron chi connectivity index (χ4n) is 1.06. The van der Waals surface area contributed by atoms with E-state index in [-0.39, 0.29) is 0 Å². The summed E-state index contributed by atoms with van der Waals surface area (Å²) in [7, 11) is 0. The third-order valence-corrected chi connectivity index (χ3v) is 2.98. The highest BCUT2D eigenvalue weighted by Crippen LogP contribution is 2.26. The quantitative estimate of drug-likeness (QED) is 0.586. The van der Waals surface area contributed by atoms with Crippen molar-refractivity contribution in [3.8, 4) is 0 Å². The minimum absolute atomic E-state index is 0.594. The van der Waals surface area contributed by atoms with E-state index in [0.29, 0.717) is 11.7 Å². The second kappa shape index (κ2) is 3.94. The van der Waals surface area contributed by atoms with Gasteiger partial charge in [-0.05, 0) is 18.6 Å². The van der Waals surface area contributed by atoms with Crippen LogP contribution in [0.4, 0.5) is 0 Å². The molecule has 1 unspecified atom stereocenters. The summed E-state index contributed by atoms with van der Waals surface area (Å²) in [5.74, 6) is 1.24. The SMILES string of the molecule is O=[C]CC1CCCCS1. The van der Waals surface area contributed by atoms with Crippen molar-refractivity contribution < 1.29 is 4.79 Å². The van der Waals surface area contributed by atoms with Crippen molar-refractivity contribution in [2.45, 2.75) is 30.9 Å². The Morgan fingerprint density at radius 1 is 1.56 bits per heavy atom. The Bertz CT molecular complexity index is 86.9. The summed E-state index contributed by atoms with van der Waals surface area (Å²) < 4.78 is 0. The van der Waals surface area contributed by atoms with E-state index in [9.17, 15) is 4.79 Å². The van der Waals surface area contributed by atoms with Crippen molar-refractivity contribution >= 4 is 18.0 Å². The molecule has 51 valence electrons. The molecular formula is C7H11OS. The van der Waals surface area contributed by atoms with Crippen molar-refractivity contribution in [2.24, 2.45) is 0 Å². The number of hydrogen-bond acceptors (Lipinski definition) is 2. The zero-order chi connectivity index (χ0) is 6.53. The zero-order valence-corrected chi connectivity index (χ0v) is 6.25. The lowest BCUT2D eigenvalue weighted by Gasteiger charge is -2.17. The smallest absolute Gasteiger partial charge is 0.199 e. The van der Waals surface area contributed by atoms with Crippen LogP contribution in [0, 0.1) is 0 Å². The molecule has 2 heteroatoms. The Kier molecular flexibility index (Phi) is 3.12. The molecule has 1 radical (unpaired) electrons. The van der Waals surface area contributed by atoms with Crippen LogP contribution in [0.5, 0.6) is 0 Å². The Labute approximate surface area is 60.2 Å². The van der Waals surface area contributed by atoms with Gasteiger partial charge in [-0.15, -0.1) is 0 Å². The first-order valence-corrected chi connectivity index (χ1v) is 4.45. The maximum atomic E-state index is 9.93. The summed E-state index contributed by atoms with van der Waals surface area (Å²) in [6, 6.07) is 0. The second-order valence-electron chi connectivity index (χ2n) is 2.34. The van der Waals surface area contributed by atoms with Gasteiger partial charge in [-0.2, -0.15) is 11.8 Å². The molecule has 1 aliphatic heterocycles. The predicted octanol–water partition coefficient (Wildman–Crippen LogP) is 1.77. The molecule has 1 aliphatic rings. The van der Waals surface area contributed by atoms with Crippen molar-refractivity contribution in [3.05, 3.63) is 0 Å². The molecule has 1 rings (SSSR count). The molecule has 1 saturated heterocycles. The molecule has 1 heterocycles.